The molecule has 0 amide bonds. The largest absolute Gasteiger partial charge is 0.459 e. The molecular formula is C41H61FN6O9. The first-order valence-electron chi connectivity index (χ1n) is 19.7. The third-order valence-corrected chi connectivity index (χ3v) is 11.7. The fourth-order valence-electron chi connectivity index (χ4n) is 8.23. The molecule has 4 heterocycles. The van der Waals surface area contributed by atoms with Gasteiger partial charge in [0.05, 0.1) is 36.2 Å². The molecule has 0 aliphatic carbocycles. The number of pyridine rings is 1. The number of ether oxygens (including phenoxy) is 4. The molecule has 2 unspecified atom stereocenters. The van der Waals surface area contributed by atoms with Gasteiger partial charge in [0.2, 0.25) is 0 Å². The first-order chi connectivity index (χ1) is 26.7. The molecule has 2 fully saturated rings. The van der Waals surface area contributed by atoms with Crippen LogP contribution >= 0.6 is 0 Å². The lowest BCUT2D eigenvalue weighted by Gasteiger charge is -2.47. The Morgan fingerprint density at radius 1 is 1.09 bits per heavy atom. The van der Waals surface area contributed by atoms with Gasteiger partial charge in [-0.2, -0.15) is 0 Å². The SMILES string of the molecule is CC[C@H]1OC(=O)[C@H](C)C(=O)[C@H](C)[C@@H](O[C@@H]2O[C@H](C)CC(N(C)C)C2O)[C@](C)(OC)C[C@@H](C)C(=O)[C@H](C)[C@@H](NCC#CCn2cc(-c3cc(F)ccn3)nn2)[C@]1(C)O. The lowest BCUT2D eigenvalue weighted by atomic mass is 9.73. The maximum absolute atomic E-state index is 14.4. The quantitative estimate of drug-likeness (QED) is 0.191. The van der Waals surface area contributed by atoms with Gasteiger partial charge < -0.3 is 34.1 Å². The molecule has 316 valence electrons. The van der Waals surface area contributed by atoms with E-state index in [0.29, 0.717) is 17.8 Å². The number of methoxy groups -OCH3 is 1. The summed E-state index contributed by atoms with van der Waals surface area (Å²) < 4.78 is 39.8. The van der Waals surface area contributed by atoms with Gasteiger partial charge in [0, 0.05) is 49.2 Å². The Hall–Kier alpha value is -3.69. The van der Waals surface area contributed by atoms with Gasteiger partial charge in [0.1, 0.15) is 47.6 Å². The van der Waals surface area contributed by atoms with Gasteiger partial charge in [-0.3, -0.25) is 24.7 Å². The third-order valence-electron chi connectivity index (χ3n) is 11.7. The standard InChI is InChI=1S/C41H61FN6O9/c1-12-32-41(8,53)36(44-16-13-14-18-48-22-30(45-46-48)29-20-28(42)15-17-43-29)25(4)33(49)23(2)21-40(7,54-11)37(26(5)34(50)27(6)38(52)56-32)57-39-35(51)31(47(9)10)19-24(3)55-39/h15,17,20,22-27,31-32,35-37,39,44,51,53H,12,16,18-19,21H2,1-11H3/t23-,24-,25+,26+,27-,31?,32-,35?,36-,37-,39+,40-,41-/m1/s1. The van der Waals surface area contributed by atoms with Crippen LogP contribution in [-0.2, 0) is 39.9 Å². The van der Waals surface area contributed by atoms with Crippen molar-refractivity contribution in [3.63, 3.8) is 0 Å². The highest BCUT2D eigenvalue weighted by molar-refractivity contribution is 6.00. The number of hydrogen-bond donors (Lipinski definition) is 3. The Morgan fingerprint density at radius 2 is 1.79 bits per heavy atom. The average molecular weight is 801 g/mol. The van der Waals surface area contributed by atoms with Gasteiger partial charge in [-0.05, 0) is 67.1 Å². The van der Waals surface area contributed by atoms with Gasteiger partial charge >= 0.3 is 5.97 Å². The van der Waals surface area contributed by atoms with E-state index in [1.165, 1.54) is 44.0 Å². The minimum atomic E-state index is -1.79. The van der Waals surface area contributed by atoms with Gasteiger partial charge in [0.25, 0.3) is 0 Å². The van der Waals surface area contributed by atoms with Crippen LogP contribution in [0.5, 0.6) is 0 Å². The van der Waals surface area contributed by atoms with Gasteiger partial charge in [-0.15, -0.1) is 5.10 Å². The minimum absolute atomic E-state index is 0.0401. The molecule has 4 rings (SSSR count). The molecule has 2 aliphatic heterocycles. The van der Waals surface area contributed by atoms with Crippen molar-refractivity contribution in [1.82, 2.24) is 30.2 Å². The number of cyclic esters (lactones) is 1. The van der Waals surface area contributed by atoms with Crippen LogP contribution in [-0.4, -0.2) is 134 Å². The minimum Gasteiger partial charge on any atom is -0.459 e. The lowest BCUT2D eigenvalue weighted by Crippen LogP contribution is -2.62. The van der Waals surface area contributed by atoms with Crippen LogP contribution in [0.15, 0.2) is 24.5 Å². The summed E-state index contributed by atoms with van der Waals surface area (Å²) in [6.07, 6.45) is -0.867. The van der Waals surface area contributed by atoms with Crippen LogP contribution < -0.4 is 5.32 Å². The number of halogens is 1. The second kappa shape index (κ2) is 19.4. The van der Waals surface area contributed by atoms with Crippen molar-refractivity contribution in [2.45, 2.75) is 135 Å². The van der Waals surface area contributed by atoms with E-state index in [1.54, 1.807) is 40.8 Å². The van der Waals surface area contributed by atoms with E-state index >= 15 is 0 Å². The van der Waals surface area contributed by atoms with E-state index in [4.69, 9.17) is 18.9 Å². The van der Waals surface area contributed by atoms with Crippen molar-refractivity contribution in [2.75, 3.05) is 27.7 Å². The predicted molar refractivity (Wildman–Crippen MR) is 208 cm³/mol. The predicted octanol–water partition coefficient (Wildman–Crippen LogP) is 2.82. The number of Topliss-reactive ketones (excluding diaryl/α,β-unsaturated/α-hetero) is 2. The number of carbonyl (C=O) groups excluding carboxylic acids is 3. The number of aliphatic hydroxyl groups is 2. The van der Waals surface area contributed by atoms with Crippen molar-refractivity contribution in [3.8, 4) is 23.2 Å². The maximum Gasteiger partial charge on any atom is 0.316 e. The average Bonchev–Trinajstić information content (AvgIpc) is 3.65. The molecule has 2 aromatic rings. The third kappa shape index (κ3) is 10.7. The molecule has 0 saturated carbocycles. The number of aliphatic hydroxyl groups excluding tert-OH is 1. The highest BCUT2D eigenvalue weighted by Crippen LogP contribution is 2.38. The van der Waals surface area contributed by atoms with Crippen molar-refractivity contribution in [2.24, 2.45) is 23.7 Å². The topological polar surface area (TPSA) is 187 Å². The number of aromatic nitrogens is 4. The van der Waals surface area contributed by atoms with E-state index in [1.807, 2.05) is 25.9 Å². The van der Waals surface area contributed by atoms with E-state index in [0.717, 1.165) is 0 Å². The number of esters is 1. The molecule has 2 aliphatic rings. The molecule has 0 bridgehead atoms. The van der Waals surface area contributed by atoms with Crippen molar-refractivity contribution in [1.29, 1.82) is 0 Å². The summed E-state index contributed by atoms with van der Waals surface area (Å²) >= 11 is 0. The first kappa shape index (κ1) is 46.0. The lowest BCUT2D eigenvalue weighted by molar-refractivity contribution is -0.295. The van der Waals surface area contributed by atoms with Gasteiger partial charge in [-0.25, -0.2) is 9.07 Å². The zero-order chi connectivity index (χ0) is 42.4. The Morgan fingerprint density at radius 3 is 2.42 bits per heavy atom. The van der Waals surface area contributed by atoms with Crippen LogP contribution in [0.1, 0.15) is 74.7 Å². The number of ketones is 2. The summed E-state index contributed by atoms with van der Waals surface area (Å²) in [6.45, 7) is 13.6. The summed E-state index contributed by atoms with van der Waals surface area (Å²) in [5.74, 6) is 0.260. The van der Waals surface area contributed by atoms with Crippen LogP contribution in [0.4, 0.5) is 4.39 Å². The molecule has 57 heavy (non-hydrogen) atoms. The number of rotatable bonds is 9. The second-order valence-corrected chi connectivity index (χ2v) is 16.3. The smallest absolute Gasteiger partial charge is 0.316 e. The first-order valence-corrected chi connectivity index (χ1v) is 19.7. The molecule has 0 spiro atoms. The van der Waals surface area contributed by atoms with Crippen LogP contribution in [0.3, 0.4) is 0 Å². The molecule has 0 radical (unpaired) electrons. The number of nitrogens with zero attached hydrogens (tertiary/aromatic N) is 5. The Labute approximate surface area is 335 Å². The fourth-order valence-corrected chi connectivity index (χ4v) is 8.23. The second-order valence-electron chi connectivity index (χ2n) is 16.3. The number of carbonyl (C=O) groups is 3. The Bertz CT molecular complexity index is 1760. The summed E-state index contributed by atoms with van der Waals surface area (Å²) in [6, 6.07) is 1.24. The highest BCUT2D eigenvalue weighted by Gasteiger charge is 2.52. The maximum atomic E-state index is 14.4. The molecule has 13 atom stereocenters. The summed E-state index contributed by atoms with van der Waals surface area (Å²) in [4.78, 5) is 48.4. The summed E-state index contributed by atoms with van der Waals surface area (Å²) in [5.41, 5.74) is -2.36. The van der Waals surface area contributed by atoms with E-state index < -0.39 is 83.1 Å². The molecule has 2 saturated heterocycles. The number of hydrogen-bond acceptors (Lipinski definition) is 14. The monoisotopic (exact) mass is 800 g/mol. The molecule has 16 heteroatoms. The zero-order valence-electron chi connectivity index (χ0n) is 35.1. The van der Waals surface area contributed by atoms with Crippen LogP contribution in [0.2, 0.25) is 0 Å². The van der Waals surface area contributed by atoms with Gasteiger partial charge in [0.15, 0.2) is 12.1 Å². The van der Waals surface area contributed by atoms with Crippen molar-refractivity contribution < 1.29 is 47.9 Å². The van der Waals surface area contributed by atoms with Crippen LogP contribution in [0, 0.1) is 41.3 Å². The zero-order valence-corrected chi connectivity index (χ0v) is 35.1. The number of likely N-dealkylation sites (N-methyl/N-ethyl adjacent to an activating group) is 1. The van der Waals surface area contributed by atoms with Crippen LogP contribution in [0.25, 0.3) is 11.4 Å². The van der Waals surface area contributed by atoms with Gasteiger partial charge in [-0.1, -0.05) is 44.7 Å². The van der Waals surface area contributed by atoms with E-state index in [-0.39, 0.29) is 43.9 Å². The Kier molecular flexibility index (Phi) is 15.6. The number of nitrogens with one attached hydrogen (secondary N) is 1. The summed E-state index contributed by atoms with van der Waals surface area (Å²) in [7, 11) is 5.18. The fraction of sp³-hybridized carbons (Fsp3) is 0.707. The molecule has 0 aromatic carbocycles. The molecule has 3 N–H and O–H groups in total. The normalized spacial score (nSPS) is 36.0. The molecule has 15 nitrogen and oxygen atoms in total. The van der Waals surface area contributed by atoms with Crippen molar-refractivity contribution in [3.05, 3.63) is 30.3 Å². The highest BCUT2D eigenvalue weighted by atomic mass is 19.1. The molecule has 2 aromatic heterocycles. The van der Waals surface area contributed by atoms with E-state index in [2.05, 4.69) is 32.5 Å². The Balaban J connectivity index is 1.63. The van der Waals surface area contributed by atoms with Crippen molar-refractivity contribution >= 4 is 17.5 Å². The molecular weight excluding hydrogens is 739 g/mol. The summed E-state index contributed by atoms with van der Waals surface area (Å²) in [5, 5.41) is 34.9. The van der Waals surface area contributed by atoms with E-state index in [9.17, 15) is 29.0 Å².